The van der Waals surface area contributed by atoms with E-state index in [0.717, 1.165) is 12.1 Å². The molecule has 0 aliphatic heterocycles. The van der Waals surface area contributed by atoms with Crippen molar-refractivity contribution in [2.75, 3.05) is 11.5 Å². The molecule has 19 heavy (non-hydrogen) atoms. The van der Waals surface area contributed by atoms with E-state index in [1.54, 1.807) is 12.1 Å². The highest BCUT2D eigenvalue weighted by molar-refractivity contribution is 5.88. The van der Waals surface area contributed by atoms with Crippen LogP contribution in [0.25, 0.3) is 16.7 Å². The molecule has 3 rings (SSSR count). The minimum atomic E-state index is -0.756. The molecular weight excluding hydrogens is 252 g/mol. The van der Waals surface area contributed by atoms with Crippen molar-refractivity contribution in [3.63, 3.8) is 0 Å². The topological polar surface area (TPSA) is 82.8 Å². The highest BCUT2D eigenvalue weighted by Crippen LogP contribution is 2.24. The van der Waals surface area contributed by atoms with Gasteiger partial charge in [-0.2, -0.15) is 0 Å². The Hall–Kier alpha value is -2.70. The van der Waals surface area contributed by atoms with Gasteiger partial charge in [-0.25, -0.2) is 18.4 Å². The normalized spacial score (nSPS) is 11.1. The van der Waals surface area contributed by atoms with Crippen LogP contribution in [0.2, 0.25) is 0 Å². The first kappa shape index (κ1) is 11.4. The first-order chi connectivity index (χ1) is 9.06. The summed E-state index contributed by atoms with van der Waals surface area (Å²) in [6.45, 7) is 0. The van der Waals surface area contributed by atoms with Crippen LogP contribution in [0.1, 0.15) is 0 Å². The Labute approximate surface area is 106 Å². The van der Waals surface area contributed by atoms with Crippen molar-refractivity contribution < 1.29 is 8.78 Å². The predicted octanol–water partition coefficient (Wildman–Crippen LogP) is 1.86. The lowest BCUT2D eigenvalue weighted by molar-refractivity contribution is 0.575. The van der Waals surface area contributed by atoms with Crippen LogP contribution in [0.15, 0.2) is 30.3 Å². The van der Waals surface area contributed by atoms with Gasteiger partial charge in [0, 0.05) is 6.07 Å². The van der Waals surface area contributed by atoms with Gasteiger partial charge in [-0.3, -0.25) is 0 Å². The van der Waals surface area contributed by atoms with Crippen LogP contribution in [0.3, 0.4) is 0 Å². The molecular formula is C12H9F2N5. The van der Waals surface area contributed by atoms with Crippen molar-refractivity contribution >= 4 is 22.7 Å². The molecule has 0 unspecified atom stereocenters. The molecule has 5 nitrogen and oxygen atoms in total. The summed E-state index contributed by atoms with van der Waals surface area (Å²) >= 11 is 0. The second-order valence-electron chi connectivity index (χ2n) is 4.00. The molecule has 0 saturated heterocycles. The van der Waals surface area contributed by atoms with Gasteiger partial charge in [0.05, 0.1) is 5.39 Å². The summed E-state index contributed by atoms with van der Waals surface area (Å²) in [6.07, 6.45) is 0. The maximum atomic E-state index is 13.8. The Morgan fingerprint density at radius 2 is 1.84 bits per heavy atom. The number of pyridine rings is 1. The van der Waals surface area contributed by atoms with Crippen LogP contribution in [0, 0.1) is 11.6 Å². The number of anilines is 2. The SMILES string of the molecule is Nc1ccc2c(N)nn(-c3ccc(F)cc3F)c2n1. The van der Waals surface area contributed by atoms with Crippen LogP contribution >= 0.6 is 0 Å². The van der Waals surface area contributed by atoms with E-state index in [1.165, 1.54) is 10.7 Å². The number of rotatable bonds is 1. The highest BCUT2D eigenvalue weighted by Gasteiger charge is 2.14. The Bertz CT molecular complexity index is 781. The lowest BCUT2D eigenvalue weighted by Crippen LogP contribution is -2.02. The standard InChI is InChI=1S/C12H9F2N5/c13-6-1-3-9(8(14)5-6)19-12-7(11(16)18-19)2-4-10(15)17-12/h1-5H,(H2,15,17)(H2,16,18). The fraction of sp³-hybridized carbons (Fsp3) is 0. The molecule has 0 radical (unpaired) electrons. The Kier molecular flexibility index (Phi) is 2.34. The maximum absolute atomic E-state index is 13.8. The van der Waals surface area contributed by atoms with Crippen molar-refractivity contribution in [3.05, 3.63) is 42.0 Å². The van der Waals surface area contributed by atoms with E-state index in [1.807, 2.05) is 0 Å². The number of nitrogens with zero attached hydrogens (tertiary/aromatic N) is 3. The van der Waals surface area contributed by atoms with E-state index < -0.39 is 11.6 Å². The van der Waals surface area contributed by atoms with Gasteiger partial charge in [-0.05, 0) is 24.3 Å². The summed E-state index contributed by atoms with van der Waals surface area (Å²) in [5, 5.41) is 4.56. The second-order valence-corrected chi connectivity index (χ2v) is 4.00. The number of hydrogen-bond acceptors (Lipinski definition) is 4. The summed E-state index contributed by atoms with van der Waals surface area (Å²) in [6, 6.07) is 6.39. The van der Waals surface area contributed by atoms with Gasteiger partial charge in [0.1, 0.15) is 17.3 Å². The molecule has 96 valence electrons. The third kappa shape index (κ3) is 1.75. The molecule has 3 aromatic rings. The number of nitrogen functional groups attached to an aromatic ring is 2. The van der Waals surface area contributed by atoms with Gasteiger partial charge in [-0.1, -0.05) is 0 Å². The third-order valence-corrected chi connectivity index (χ3v) is 2.72. The zero-order valence-corrected chi connectivity index (χ0v) is 9.64. The molecule has 0 fully saturated rings. The number of aromatic nitrogens is 3. The number of nitrogens with two attached hydrogens (primary N) is 2. The van der Waals surface area contributed by atoms with E-state index in [9.17, 15) is 8.78 Å². The lowest BCUT2D eigenvalue weighted by Gasteiger charge is -2.04. The van der Waals surface area contributed by atoms with Gasteiger partial charge in [-0.15, -0.1) is 5.10 Å². The monoisotopic (exact) mass is 261 g/mol. The van der Waals surface area contributed by atoms with Crippen LogP contribution < -0.4 is 11.5 Å². The van der Waals surface area contributed by atoms with Gasteiger partial charge in [0.25, 0.3) is 0 Å². The van der Waals surface area contributed by atoms with E-state index in [2.05, 4.69) is 10.1 Å². The molecule has 7 heteroatoms. The first-order valence-corrected chi connectivity index (χ1v) is 5.42. The molecule has 1 aromatic carbocycles. The molecule has 0 bridgehead atoms. The largest absolute Gasteiger partial charge is 0.384 e. The average Bonchev–Trinajstić information content (AvgIpc) is 2.66. The third-order valence-electron chi connectivity index (χ3n) is 2.72. The number of fused-ring (bicyclic) bond motifs is 1. The Morgan fingerprint density at radius 1 is 1.05 bits per heavy atom. The molecule has 0 aliphatic carbocycles. The zero-order valence-electron chi connectivity index (χ0n) is 9.64. The second kappa shape index (κ2) is 3.91. The Morgan fingerprint density at radius 3 is 2.58 bits per heavy atom. The van der Waals surface area contributed by atoms with Crippen molar-refractivity contribution in [2.24, 2.45) is 0 Å². The number of benzene rings is 1. The van der Waals surface area contributed by atoms with E-state index in [0.29, 0.717) is 11.0 Å². The molecule has 2 aromatic heterocycles. The van der Waals surface area contributed by atoms with Crippen LogP contribution in [-0.2, 0) is 0 Å². The summed E-state index contributed by atoms with van der Waals surface area (Å²) in [7, 11) is 0. The number of halogens is 2. The van der Waals surface area contributed by atoms with Crippen LogP contribution in [-0.4, -0.2) is 14.8 Å². The Balaban J connectivity index is 2.33. The van der Waals surface area contributed by atoms with Crippen molar-refractivity contribution in [3.8, 4) is 5.69 Å². The summed E-state index contributed by atoms with van der Waals surface area (Å²) in [5.41, 5.74) is 11.7. The fourth-order valence-electron chi connectivity index (χ4n) is 1.85. The fourth-order valence-corrected chi connectivity index (χ4v) is 1.85. The van der Waals surface area contributed by atoms with Crippen LogP contribution in [0.5, 0.6) is 0 Å². The van der Waals surface area contributed by atoms with E-state index in [4.69, 9.17) is 11.5 Å². The summed E-state index contributed by atoms with van der Waals surface area (Å²) < 4.78 is 27.9. The average molecular weight is 261 g/mol. The smallest absolute Gasteiger partial charge is 0.167 e. The molecule has 0 saturated carbocycles. The molecule has 0 aliphatic rings. The van der Waals surface area contributed by atoms with Gasteiger partial charge >= 0.3 is 0 Å². The van der Waals surface area contributed by atoms with Gasteiger partial charge in [0.15, 0.2) is 17.3 Å². The quantitative estimate of drug-likeness (QED) is 0.700. The molecule has 0 spiro atoms. The van der Waals surface area contributed by atoms with E-state index in [-0.39, 0.29) is 17.3 Å². The molecule has 4 N–H and O–H groups in total. The maximum Gasteiger partial charge on any atom is 0.167 e. The zero-order chi connectivity index (χ0) is 13.6. The molecule has 0 atom stereocenters. The van der Waals surface area contributed by atoms with Crippen LogP contribution in [0.4, 0.5) is 20.4 Å². The number of hydrogen-bond donors (Lipinski definition) is 2. The van der Waals surface area contributed by atoms with Crippen molar-refractivity contribution in [1.82, 2.24) is 14.8 Å². The lowest BCUT2D eigenvalue weighted by atomic mass is 10.3. The van der Waals surface area contributed by atoms with Gasteiger partial charge in [0.2, 0.25) is 0 Å². The highest BCUT2D eigenvalue weighted by atomic mass is 19.1. The van der Waals surface area contributed by atoms with E-state index >= 15 is 0 Å². The van der Waals surface area contributed by atoms with Crippen molar-refractivity contribution in [1.29, 1.82) is 0 Å². The summed E-state index contributed by atoms with van der Waals surface area (Å²) in [4.78, 5) is 4.07. The summed E-state index contributed by atoms with van der Waals surface area (Å²) in [5.74, 6) is -0.964. The molecule has 2 heterocycles. The molecule has 0 amide bonds. The minimum absolute atomic E-state index is 0.0567. The first-order valence-electron chi connectivity index (χ1n) is 5.42. The minimum Gasteiger partial charge on any atom is -0.384 e. The van der Waals surface area contributed by atoms with Crippen molar-refractivity contribution in [2.45, 2.75) is 0 Å². The van der Waals surface area contributed by atoms with Gasteiger partial charge < -0.3 is 11.5 Å². The predicted molar refractivity (Wildman–Crippen MR) is 67.6 cm³/mol.